The SMILES string of the molecule is NC(=S)Nc1ccc2c(c1)Cc1cc(N(CCCc3ccccc3)CCCc3ccccc3)ccc1-2. The summed E-state index contributed by atoms with van der Waals surface area (Å²) in [4.78, 5) is 2.58. The highest BCUT2D eigenvalue weighted by molar-refractivity contribution is 7.80. The molecule has 0 unspecified atom stereocenters. The molecule has 0 amide bonds. The molecule has 0 fully saturated rings. The average Bonchev–Trinajstić information content (AvgIpc) is 3.25. The summed E-state index contributed by atoms with van der Waals surface area (Å²) in [6.07, 6.45) is 5.42. The summed E-state index contributed by atoms with van der Waals surface area (Å²) in [6.45, 7) is 2.11. The predicted octanol–water partition coefficient (Wildman–Crippen LogP) is 6.99. The number of thiocarbonyl (C=S) groups is 1. The molecule has 5 rings (SSSR count). The van der Waals surface area contributed by atoms with Crippen LogP contribution in [-0.2, 0) is 19.3 Å². The van der Waals surface area contributed by atoms with Gasteiger partial charge in [0.25, 0.3) is 0 Å². The topological polar surface area (TPSA) is 41.3 Å². The number of nitrogens with two attached hydrogens (primary N) is 1. The number of nitrogens with one attached hydrogen (secondary N) is 1. The first-order valence-corrected chi connectivity index (χ1v) is 13.2. The Morgan fingerprint density at radius 2 is 1.28 bits per heavy atom. The Labute approximate surface area is 220 Å². The van der Waals surface area contributed by atoms with Crippen molar-refractivity contribution in [2.75, 3.05) is 23.3 Å². The standard InChI is InChI=1S/C32H33N3S/c33-32(36)34-28-15-17-30-26(22-28)21-27-23-29(16-18-31(27)30)35(19-7-13-24-9-3-1-4-10-24)20-8-14-25-11-5-2-6-12-25/h1-6,9-12,15-18,22-23H,7-8,13-14,19-21H2,(H3,33,34,36). The molecule has 3 nitrogen and oxygen atoms in total. The van der Waals surface area contributed by atoms with Crippen LogP contribution in [0.5, 0.6) is 0 Å². The molecule has 36 heavy (non-hydrogen) atoms. The highest BCUT2D eigenvalue weighted by Gasteiger charge is 2.20. The quantitative estimate of drug-likeness (QED) is 0.207. The van der Waals surface area contributed by atoms with Crippen LogP contribution >= 0.6 is 12.2 Å². The van der Waals surface area contributed by atoms with Crippen molar-refractivity contribution in [3.05, 3.63) is 119 Å². The van der Waals surface area contributed by atoms with E-state index in [4.69, 9.17) is 18.0 Å². The highest BCUT2D eigenvalue weighted by Crippen LogP contribution is 2.39. The highest BCUT2D eigenvalue weighted by atomic mass is 32.1. The zero-order chi connectivity index (χ0) is 24.7. The first-order chi connectivity index (χ1) is 17.7. The van der Waals surface area contributed by atoms with Gasteiger partial charge >= 0.3 is 0 Å². The van der Waals surface area contributed by atoms with Gasteiger partial charge in [-0.05, 0) is 102 Å². The molecule has 0 atom stereocenters. The molecule has 0 bridgehead atoms. The van der Waals surface area contributed by atoms with Crippen molar-refractivity contribution in [1.29, 1.82) is 0 Å². The Balaban J connectivity index is 1.31. The number of hydrogen-bond acceptors (Lipinski definition) is 2. The van der Waals surface area contributed by atoms with Gasteiger partial charge in [-0.25, -0.2) is 0 Å². The summed E-state index contributed by atoms with van der Waals surface area (Å²) >= 11 is 5.01. The fraction of sp³-hybridized carbons (Fsp3) is 0.219. The smallest absolute Gasteiger partial charge is 0.168 e. The summed E-state index contributed by atoms with van der Waals surface area (Å²) in [6, 6.07) is 35.0. The van der Waals surface area contributed by atoms with Gasteiger partial charge < -0.3 is 16.0 Å². The van der Waals surface area contributed by atoms with Gasteiger partial charge in [-0.2, -0.15) is 0 Å². The van der Waals surface area contributed by atoms with E-state index in [1.165, 1.54) is 39.1 Å². The van der Waals surface area contributed by atoms with Crippen LogP contribution in [0.15, 0.2) is 97.1 Å². The van der Waals surface area contributed by atoms with Gasteiger partial charge in [0.05, 0.1) is 0 Å². The number of nitrogens with zero attached hydrogens (tertiary/aromatic N) is 1. The van der Waals surface area contributed by atoms with Gasteiger partial charge in [0, 0.05) is 24.5 Å². The molecule has 4 aromatic carbocycles. The molecule has 182 valence electrons. The van der Waals surface area contributed by atoms with Crippen molar-refractivity contribution in [2.24, 2.45) is 5.73 Å². The maximum absolute atomic E-state index is 5.68. The lowest BCUT2D eigenvalue weighted by Crippen LogP contribution is -2.26. The van der Waals surface area contributed by atoms with Crippen molar-refractivity contribution in [3.63, 3.8) is 0 Å². The molecule has 1 aliphatic carbocycles. The number of benzene rings is 4. The molecule has 3 N–H and O–H groups in total. The monoisotopic (exact) mass is 491 g/mol. The van der Waals surface area contributed by atoms with E-state index in [-0.39, 0.29) is 0 Å². The maximum atomic E-state index is 5.68. The Bertz CT molecular complexity index is 1270. The lowest BCUT2D eigenvalue weighted by molar-refractivity contribution is 0.692. The van der Waals surface area contributed by atoms with Crippen molar-refractivity contribution in [2.45, 2.75) is 32.1 Å². The van der Waals surface area contributed by atoms with E-state index in [0.717, 1.165) is 50.9 Å². The Hall–Kier alpha value is -3.63. The lowest BCUT2D eigenvalue weighted by Gasteiger charge is -2.26. The van der Waals surface area contributed by atoms with Crippen molar-refractivity contribution in [1.82, 2.24) is 0 Å². The fourth-order valence-electron chi connectivity index (χ4n) is 5.22. The van der Waals surface area contributed by atoms with E-state index in [1.807, 2.05) is 0 Å². The number of anilines is 2. The molecule has 0 heterocycles. The number of aryl methyl sites for hydroxylation is 2. The lowest BCUT2D eigenvalue weighted by atomic mass is 10.0. The van der Waals surface area contributed by atoms with E-state index >= 15 is 0 Å². The molecular formula is C32H33N3S. The van der Waals surface area contributed by atoms with Gasteiger partial charge in [-0.1, -0.05) is 72.8 Å². The number of rotatable bonds is 10. The van der Waals surface area contributed by atoms with Crippen LogP contribution in [0.4, 0.5) is 11.4 Å². The Kier molecular flexibility index (Phi) is 7.63. The van der Waals surface area contributed by atoms with Gasteiger partial charge in [-0.15, -0.1) is 0 Å². The molecule has 0 aliphatic heterocycles. The first-order valence-electron chi connectivity index (χ1n) is 12.8. The second-order valence-electron chi connectivity index (χ2n) is 9.54. The molecule has 1 aliphatic rings. The number of fused-ring (bicyclic) bond motifs is 3. The maximum Gasteiger partial charge on any atom is 0.168 e. The zero-order valence-corrected chi connectivity index (χ0v) is 21.4. The zero-order valence-electron chi connectivity index (χ0n) is 20.6. The van der Waals surface area contributed by atoms with Gasteiger partial charge in [0.1, 0.15) is 0 Å². The first kappa shape index (κ1) is 24.1. The van der Waals surface area contributed by atoms with E-state index in [0.29, 0.717) is 5.11 Å². The van der Waals surface area contributed by atoms with E-state index in [9.17, 15) is 0 Å². The van der Waals surface area contributed by atoms with Crippen molar-refractivity contribution >= 4 is 28.7 Å². The second kappa shape index (κ2) is 11.4. The summed E-state index contributed by atoms with van der Waals surface area (Å²) in [5.74, 6) is 0. The van der Waals surface area contributed by atoms with E-state index in [1.54, 1.807) is 0 Å². The van der Waals surface area contributed by atoms with Crippen LogP contribution in [0.2, 0.25) is 0 Å². The van der Waals surface area contributed by atoms with E-state index in [2.05, 4.69) is 107 Å². The minimum atomic E-state index is 0.300. The van der Waals surface area contributed by atoms with E-state index < -0.39 is 0 Å². The molecule has 4 aromatic rings. The summed E-state index contributed by atoms with van der Waals surface area (Å²) in [7, 11) is 0. The van der Waals surface area contributed by atoms with Crippen LogP contribution in [0, 0.1) is 0 Å². The molecule has 0 radical (unpaired) electrons. The molecule has 0 saturated carbocycles. The molecular weight excluding hydrogens is 458 g/mol. The minimum absolute atomic E-state index is 0.300. The third kappa shape index (κ3) is 5.95. The van der Waals surface area contributed by atoms with Gasteiger partial charge in [-0.3, -0.25) is 0 Å². The van der Waals surface area contributed by atoms with Crippen LogP contribution in [0.3, 0.4) is 0 Å². The number of hydrogen-bond donors (Lipinski definition) is 2. The normalized spacial score (nSPS) is 11.6. The van der Waals surface area contributed by atoms with Crippen molar-refractivity contribution < 1.29 is 0 Å². The van der Waals surface area contributed by atoms with Gasteiger partial charge in [0.2, 0.25) is 0 Å². The van der Waals surface area contributed by atoms with Crippen LogP contribution in [0.25, 0.3) is 11.1 Å². The fourth-order valence-corrected chi connectivity index (χ4v) is 5.34. The Morgan fingerprint density at radius 3 is 1.86 bits per heavy atom. The average molecular weight is 492 g/mol. The molecule has 0 aromatic heterocycles. The third-order valence-electron chi connectivity index (χ3n) is 6.97. The van der Waals surface area contributed by atoms with Crippen molar-refractivity contribution in [3.8, 4) is 11.1 Å². The Morgan fingerprint density at radius 1 is 0.722 bits per heavy atom. The van der Waals surface area contributed by atoms with Crippen LogP contribution < -0.4 is 16.0 Å². The van der Waals surface area contributed by atoms with Crippen LogP contribution in [-0.4, -0.2) is 18.2 Å². The third-order valence-corrected chi connectivity index (χ3v) is 7.07. The van der Waals surface area contributed by atoms with Crippen LogP contribution in [0.1, 0.15) is 35.1 Å². The molecule has 0 saturated heterocycles. The summed E-state index contributed by atoms with van der Waals surface area (Å²) in [5, 5.41) is 3.37. The molecule has 4 heteroatoms. The summed E-state index contributed by atoms with van der Waals surface area (Å²) in [5.41, 5.74) is 16.1. The largest absolute Gasteiger partial charge is 0.376 e. The second-order valence-corrected chi connectivity index (χ2v) is 9.98. The summed E-state index contributed by atoms with van der Waals surface area (Å²) < 4.78 is 0. The molecule has 0 spiro atoms. The predicted molar refractivity (Wildman–Crippen MR) is 157 cm³/mol. The van der Waals surface area contributed by atoms with Gasteiger partial charge in [0.15, 0.2) is 5.11 Å². The minimum Gasteiger partial charge on any atom is -0.376 e.